The average molecular weight is 540 g/mol. The number of rotatable bonds is 7. The molecule has 0 fully saturated rings. The van der Waals surface area contributed by atoms with Crippen molar-refractivity contribution in [2.24, 2.45) is 5.92 Å². The molecule has 3 heterocycles. The number of aromatic hydroxyl groups is 1. The van der Waals surface area contributed by atoms with Gasteiger partial charge in [-0.3, -0.25) is 4.79 Å². The van der Waals surface area contributed by atoms with Crippen molar-refractivity contribution in [2.75, 3.05) is 45.2 Å². The van der Waals surface area contributed by atoms with E-state index in [1.54, 1.807) is 17.0 Å². The second-order valence-corrected chi connectivity index (χ2v) is 10.4. The van der Waals surface area contributed by atoms with E-state index in [9.17, 15) is 19.8 Å². The van der Waals surface area contributed by atoms with Gasteiger partial charge < -0.3 is 44.4 Å². The van der Waals surface area contributed by atoms with E-state index in [0.29, 0.717) is 46.3 Å². The Kier molecular flexibility index (Phi) is 6.29. The number of ether oxygens (including phenoxy) is 4. The van der Waals surface area contributed by atoms with Gasteiger partial charge in [-0.05, 0) is 30.5 Å². The monoisotopic (exact) mass is 539 g/mol. The molecule has 3 aromatic rings. The van der Waals surface area contributed by atoms with Crippen molar-refractivity contribution < 1.29 is 38.7 Å². The summed E-state index contributed by atoms with van der Waals surface area (Å²) in [6, 6.07) is 5.11. The molecule has 1 unspecified atom stereocenters. The van der Waals surface area contributed by atoms with E-state index < -0.39 is 23.5 Å². The van der Waals surface area contributed by atoms with Crippen LogP contribution in [0.1, 0.15) is 54.5 Å². The Morgan fingerprint density at radius 1 is 1.10 bits per heavy atom. The first kappa shape index (κ1) is 26.5. The molecule has 0 radical (unpaired) electrons. The maximum atomic E-state index is 13.7. The average Bonchev–Trinajstić information content (AvgIpc) is 3.59. The number of aromatic amines is 1. The normalized spacial score (nSPS) is 20.6. The molecular weight excluding hydrogens is 506 g/mol. The van der Waals surface area contributed by atoms with E-state index in [0.717, 1.165) is 5.39 Å². The van der Waals surface area contributed by atoms with Gasteiger partial charge in [0.25, 0.3) is 0 Å². The lowest BCUT2D eigenvalue weighted by molar-refractivity contribution is -0.143. The number of phenols is 1. The predicted molar refractivity (Wildman–Crippen MR) is 144 cm³/mol. The molecule has 0 spiro atoms. The maximum Gasteiger partial charge on any atom is 0.339 e. The van der Waals surface area contributed by atoms with Crippen LogP contribution in [0, 0.1) is 5.92 Å². The van der Waals surface area contributed by atoms with Gasteiger partial charge in [0.15, 0.2) is 23.3 Å². The van der Waals surface area contributed by atoms with Gasteiger partial charge in [0.2, 0.25) is 11.5 Å². The maximum absolute atomic E-state index is 13.7. The van der Waals surface area contributed by atoms with Gasteiger partial charge in [0, 0.05) is 29.6 Å². The quantitative estimate of drug-likeness (QED) is 0.199. The number of aliphatic hydroxyl groups is 1. The molecule has 2 aromatic carbocycles. The van der Waals surface area contributed by atoms with Gasteiger partial charge in [-0.1, -0.05) is 13.8 Å². The number of anilines is 2. The van der Waals surface area contributed by atoms with Gasteiger partial charge in [-0.2, -0.15) is 0 Å². The van der Waals surface area contributed by atoms with Crippen molar-refractivity contribution in [3.63, 3.8) is 0 Å². The predicted octanol–water partition coefficient (Wildman–Crippen LogP) is 3.69. The SMILES string of the molecule is COC(=O)[C@]1(C)Nc2c(O)cc3c(c2C1=O)[C@H](C(C)C)CN3C(O)c1cc2cc(OC)c(OC)c(OC)c2[nH]1. The molecule has 1 aromatic heterocycles. The molecule has 0 aliphatic carbocycles. The molecule has 3 atom stereocenters. The zero-order valence-electron chi connectivity index (χ0n) is 23.0. The van der Waals surface area contributed by atoms with Crippen molar-refractivity contribution in [1.29, 1.82) is 0 Å². The number of phenolic OH excluding ortho intramolecular Hbond substituents is 1. The molecule has 0 saturated carbocycles. The first-order valence-corrected chi connectivity index (χ1v) is 12.6. The number of ketones is 1. The molecule has 208 valence electrons. The number of Topliss-reactive ketones (excluding diaryl/α,β-unsaturated/α-hetero) is 1. The van der Waals surface area contributed by atoms with Crippen LogP contribution in [0.3, 0.4) is 0 Å². The minimum Gasteiger partial charge on any atom is -0.506 e. The van der Waals surface area contributed by atoms with Crippen molar-refractivity contribution in [1.82, 2.24) is 4.98 Å². The summed E-state index contributed by atoms with van der Waals surface area (Å²) >= 11 is 0. The zero-order chi connectivity index (χ0) is 28.4. The topological polar surface area (TPSA) is 143 Å². The number of nitrogens with one attached hydrogen (secondary N) is 2. The number of benzene rings is 2. The van der Waals surface area contributed by atoms with E-state index in [-0.39, 0.29) is 28.8 Å². The third kappa shape index (κ3) is 3.67. The Labute approximate surface area is 225 Å². The number of H-pyrrole nitrogens is 1. The van der Waals surface area contributed by atoms with Gasteiger partial charge >= 0.3 is 5.97 Å². The van der Waals surface area contributed by atoms with Crippen LogP contribution in [0.2, 0.25) is 0 Å². The van der Waals surface area contributed by atoms with Crippen molar-refractivity contribution >= 4 is 34.0 Å². The molecule has 2 aliphatic heterocycles. The molecule has 39 heavy (non-hydrogen) atoms. The molecule has 5 rings (SSSR count). The van der Waals surface area contributed by atoms with Crippen LogP contribution >= 0.6 is 0 Å². The van der Waals surface area contributed by atoms with E-state index in [1.165, 1.54) is 41.4 Å². The molecular formula is C28H33N3O8. The van der Waals surface area contributed by atoms with Crippen molar-refractivity contribution in [2.45, 2.75) is 38.5 Å². The lowest BCUT2D eigenvalue weighted by Crippen LogP contribution is -2.47. The largest absolute Gasteiger partial charge is 0.506 e. The minimum absolute atomic E-state index is 0.0868. The minimum atomic E-state index is -1.66. The molecule has 4 N–H and O–H groups in total. The highest BCUT2D eigenvalue weighted by Gasteiger charge is 2.53. The van der Waals surface area contributed by atoms with E-state index in [1.807, 2.05) is 13.8 Å². The molecule has 11 heteroatoms. The standard InChI is InChI=1S/C28H33N3O8/c1-12(2)14-11-31(16-10-17(32)22-20(19(14)16)25(33)28(3,30-22)27(35)39-7)26(34)15-8-13-9-18(36-4)23(37-5)24(38-6)21(13)29-15/h8-10,12,14,26,29-30,32,34H,11H2,1-7H3/t14-,26?,28+/m0/s1. The lowest BCUT2D eigenvalue weighted by Gasteiger charge is -2.26. The number of carbonyl (C=O) groups excluding carboxylic acids is 2. The highest BCUT2D eigenvalue weighted by atomic mass is 16.5. The number of methoxy groups -OCH3 is 4. The fourth-order valence-corrected chi connectivity index (χ4v) is 5.80. The fourth-order valence-electron chi connectivity index (χ4n) is 5.80. The molecule has 11 nitrogen and oxygen atoms in total. The van der Waals surface area contributed by atoms with Crippen LogP contribution in [0.5, 0.6) is 23.0 Å². The Bertz CT molecular complexity index is 1500. The first-order valence-electron chi connectivity index (χ1n) is 12.6. The molecule has 0 amide bonds. The van der Waals surface area contributed by atoms with Gasteiger partial charge in [-0.25, -0.2) is 4.79 Å². The third-order valence-corrected chi connectivity index (χ3v) is 7.87. The number of nitrogens with zero attached hydrogens (tertiary/aromatic N) is 1. The summed E-state index contributed by atoms with van der Waals surface area (Å²) in [6.07, 6.45) is -1.16. The summed E-state index contributed by atoms with van der Waals surface area (Å²) in [5.41, 5.74) is 1.07. The Morgan fingerprint density at radius 3 is 2.38 bits per heavy atom. The second kappa shape index (κ2) is 9.26. The molecule has 0 bridgehead atoms. The number of aliphatic hydroxyl groups excluding tert-OH is 1. The summed E-state index contributed by atoms with van der Waals surface area (Å²) in [5, 5.41) is 26.3. The van der Waals surface area contributed by atoms with Gasteiger partial charge in [0.1, 0.15) is 5.75 Å². The summed E-state index contributed by atoms with van der Waals surface area (Å²) in [7, 11) is 5.79. The number of aromatic nitrogens is 1. The van der Waals surface area contributed by atoms with E-state index in [4.69, 9.17) is 18.9 Å². The highest BCUT2D eigenvalue weighted by molar-refractivity contribution is 6.26. The fraction of sp³-hybridized carbons (Fsp3) is 0.429. The number of carbonyl (C=O) groups is 2. The van der Waals surface area contributed by atoms with Crippen LogP contribution in [0.15, 0.2) is 18.2 Å². The Morgan fingerprint density at radius 2 is 1.79 bits per heavy atom. The molecule has 0 saturated heterocycles. The summed E-state index contributed by atoms with van der Waals surface area (Å²) < 4.78 is 21.4. The summed E-state index contributed by atoms with van der Waals surface area (Å²) in [5.74, 6) is -0.160. The van der Waals surface area contributed by atoms with Crippen molar-refractivity contribution in [3.05, 3.63) is 35.0 Å². The first-order chi connectivity index (χ1) is 18.5. The van der Waals surface area contributed by atoms with Crippen LogP contribution in [0.25, 0.3) is 10.9 Å². The number of fused-ring (bicyclic) bond motifs is 4. The number of hydrogen-bond donors (Lipinski definition) is 4. The van der Waals surface area contributed by atoms with Crippen LogP contribution in [0.4, 0.5) is 11.4 Å². The number of hydrogen-bond acceptors (Lipinski definition) is 10. The molecule has 2 aliphatic rings. The van der Waals surface area contributed by atoms with E-state index in [2.05, 4.69) is 10.3 Å². The van der Waals surface area contributed by atoms with E-state index >= 15 is 0 Å². The smallest absolute Gasteiger partial charge is 0.339 e. The number of esters is 1. The highest BCUT2D eigenvalue weighted by Crippen LogP contribution is 2.54. The van der Waals surface area contributed by atoms with Crippen LogP contribution in [-0.4, -0.2) is 67.5 Å². The Hall–Kier alpha value is -4.12. The lowest BCUT2D eigenvalue weighted by atomic mass is 9.84. The van der Waals surface area contributed by atoms with Gasteiger partial charge in [0.05, 0.1) is 50.9 Å². The second-order valence-electron chi connectivity index (χ2n) is 10.4. The third-order valence-electron chi connectivity index (χ3n) is 7.87. The zero-order valence-corrected chi connectivity index (χ0v) is 23.0. The van der Waals surface area contributed by atoms with Gasteiger partial charge in [-0.15, -0.1) is 0 Å². The Balaban J connectivity index is 1.64. The van der Waals surface area contributed by atoms with Crippen molar-refractivity contribution in [3.8, 4) is 23.0 Å². The summed E-state index contributed by atoms with van der Waals surface area (Å²) in [4.78, 5) is 31.2. The summed E-state index contributed by atoms with van der Waals surface area (Å²) in [6.45, 7) is 5.88. The van der Waals surface area contributed by atoms with Crippen LogP contribution < -0.4 is 24.4 Å². The van der Waals surface area contributed by atoms with Crippen LogP contribution in [-0.2, 0) is 9.53 Å².